The number of aromatic nitrogens is 2. The maximum Gasteiger partial charge on any atom is 0.282 e. The highest BCUT2D eigenvalue weighted by atomic mass is 79.9. The van der Waals surface area contributed by atoms with Crippen molar-refractivity contribution in [2.24, 2.45) is 5.10 Å². The van der Waals surface area contributed by atoms with Crippen molar-refractivity contribution in [3.8, 4) is 28.6 Å². The van der Waals surface area contributed by atoms with Crippen LogP contribution in [0.4, 0.5) is 0 Å². The molecule has 0 aliphatic rings. The Morgan fingerprint density at radius 3 is 2.44 bits per heavy atom. The van der Waals surface area contributed by atoms with Gasteiger partial charge in [0.25, 0.3) is 5.56 Å². The molecule has 0 N–H and O–H groups in total. The molecule has 5 aromatic rings. The highest BCUT2D eigenvalue weighted by Gasteiger charge is 2.20. The number of aryl methyl sites for hydroxylation is 2. The molecule has 45 heavy (non-hydrogen) atoms. The van der Waals surface area contributed by atoms with E-state index in [9.17, 15) is 4.79 Å². The molecule has 232 valence electrons. The van der Waals surface area contributed by atoms with Gasteiger partial charge in [-0.25, -0.2) is 4.98 Å². The number of para-hydroxylation sites is 1. The van der Waals surface area contributed by atoms with Gasteiger partial charge in [0.15, 0.2) is 17.3 Å². The first kappa shape index (κ1) is 32.4. The second kappa shape index (κ2) is 14.0. The van der Waals surface area contributed by atoms with Gasteiger partial charge in [0.05, 0.1) is 35.3 Å². The number of methoxy groups -OCH3 is 1. The minimum Gasteiger partial charge on any atom is -0.494 e. The molecule has 5 rings (SSSR count). The normalized spacial score (nSPS) is 11.5. The Hall–Kier alpha value is -3.95. The van der Waals surface area contributed by atoms with Gasteiger partial charge in [-0.1, -0.05) is 55.8 Å². The summed E-state index contributed by atoms with van der Waals surface area (Å²) in [5.74, 6) is 2.55. The van der Waals surface area contributed by atoms with E-state index in [2.05, 4.69) is 57.8 Å². The largest absolute Gasteiger partial charge is 0.494 e. The van der Waals surface area contributed by atoms with E-state index in [0.717, 1.165) is 33.6 Å². The summed E-state index contributed by atoms with van der Waals surface area (Å²) < 4.78 is 20.6. The van der Waals surface area contributed by atoms with E-state index in [0.29, 0.717) is 55.9 Å². The number of benzene rings is 4. The summed E-state index contributed by atoms with van der Waals surface area (Å²) in [6.45, 7) is 11.2. The molecule has 0 bridgehead atoms. The zero-order valence-corrected chi connectivity index (χ0v) is 29.3. The second-order valence-electron chi connectivity index (χ2n) is 11.0. The molecule has 0 unspecified atom stereocenters. The van der Waals surface area contributed by atoms with E-state index < -0.39 is 0 Å². The number of hydrogen-bond acceptors (Lipinski definition) is 6. The number of fused-ring (bicyclic) bond motifs is 1. The predicted molar refractivity (Wildman–Crippen MR) is 188 cm³/mol. The zero-order chi connectivity index (χ0) is 32.2. The molecular weight excluding hydrogens is 698 g/mol. The molecule has 0 fully saturated rings. The third-order valence-electron chi connectivity index (χ3n) is 7.43. The van der Waals surface area contributed by atoms with Crippen molar-refractivity contribution in [1.82, 2.24) is 9.66 Å². The third-order valence-corrected chi connectivity index (χ3v) is 9.57. The predicted octanol–water partition coefficient (Wildman–Crippen LogP) is 9.20. The molecule has 9 heteroatoms. The van der Waals surface area contributed by atoms with E-state index in [1.54, 1.807) is 19.4 Å². The summed E-state index contributed by atoms with van der Waals surface area (Å²) in [4.78, 5) is 18.9. The van der Waals surface area contributed by atoms with E-state index >= 15 is 0 Å². The van der Waals surface area contributed by atoms with E-state index in [1.807, 2.05) is 69.3 Å². The van der Waals surface area contributed by atoms with Gasteiger partial charge in [-0.2, -0.15) is 9.78 Å². The fraction of sp³-hybridized carbons (Fsp3) is 0.250. The third kappa shape index (κ3) is 6.84. The molecule has 0 atom stereocenters. The number of hydrogen-bond donors (Lipinski definition) is 0. The van der Waals surface area contributed by atoms with Crippen LogP contribution in [0.3, 0.4) is 0 Å². The lowest BCUT2D eigenvalue weighted by Gasteiger charge is -2.18. The van der Waals surface area contributed by atoms with Crippen LogP contribution in [0.15, 0.2) is 85.6 Å². The van der Waals surface area contributed by atoms with Crippen LogP contribution in [0.25, 0.3) is 22.3 Å². The smallest absolute Gasteiger partial charge is 0.282 e. The molecular formula is C36H35Br2N3O4. The maximum absolute atomic E-state index is 13.9. The molecule has 0 radical (unpaired) electrons. The van der Waals surface area contributed by atoms with Crippen molar-refractivity contribution in [3.63, 3.8) is 0 Å². The monoisotopic (exact) mass is 731 g/mol. The minimum absolute atomic E-state index is 0.197. The van der Waals surface area contributed by atoms with Gasteiger partial charge in [0, 0.05) is 15.6 Å². The van der Waals surface area contributed by atoms with Gasteiger partial charge in [-0.3, -0.25) is 4.79 Å². The Morgan fingerprint density at radius 2 is 1.73 bits per heavy atom. The van der Waals surface area contributed by atoms with Gasteiger partial charge in [-0.05, 0) is 106 Å². The van der Waals surface area contributed by atoms with Crippen molar-refractivity contribution in [3.05, 3.63) is 114 Å². The fourth-order valence-corrected chi connectivity index (χ4v) is 6.07. The molecule has 0 saturated heterocycles. The highest BCUT2D eigenvalue weighted by molar-refractivity contribution is 9.13. The van der Waals surface area contributed by atoms with E-state index in [1.165, 1.54) is 4.68 Å². The van der Waals surface area contributed by atoms with Crippen LogP contribution in [-0.4, -0.2) is 29.6 Å². The molecule has 1 aromatic heterocycles. The lowest BCUT2D eigenvalue weighted by molar-refractivity contribution is 0.282. The van der Waals surface area contributed by atoms with E-state index in [-0.39, 0.29) is 11.5 Å². The summed E-state index contributed by atoms with van der Waals surface area (Å²) in [6, 6.07) is 21.4. The average Bonchev–Trinajstić information content (AvgIpc) is 3.02. The van der Waals surface area contributed by atoms with Crippen LogP contribution < -0.4 is 19.8 Å². The van der Waals surface area contributed by atoms with Gasteiger partial charge in [-0.15, -0.1) is 0 Å². The van der Waals surface area contributed by atoms with Gasteiger partial charge < -0.3 is 14.2 Å². The number of halogens is 2. The van der Waals surface area contributed by atoms with Crippen LogP contribution >= 0.6 is 31.9 Å². The van der Waals surface area contributed by atoms with Crippen molar-refractivity contribution < 1.29 is 14.2 Å². The minimum atomic E-state index is -0.272. The zero-order valence-electron chi connectivity index (χ0n) is 26.2. The molecule has 7 nitrogen and oxygen atoms in total. The number of ether oxygens (including phenoxy) is 3. The summed E-state index contributed by atoms with van der Waals surface area (Å²) in [6.07, 6.45) is 1.62. The standard InChI is InChI=1S/C36H35Br2N3O4/c1-7-44-30-16-23(5)28(18-27(30)21(2)3)35-40-29-14-9-8-13-26(29)36(42)41(35)39-19-25-17-31(43-6)34(33(38)32(25)37)45-20-24-12-10-11-22(4)15-24/h8-19,21H,7,20H2,1-6H3. The molecule has 4 aromatic carbocycles. The highest BCUT2D eigenvalue weighted by Crippen LogP contribution is 2.43. The Kier molecular flexibility index (Phi) is 10.1. The first-order valence-corrected chi connectivity index (χ1v) is 16.3. The van der Waals surface area contributed by atoms with Crippen molar-refractivity contribution in [2.45, 2.75) is 47.1 Å². The Bertz CT molecular complexity index is 1970. The van der Waals surface area contributed by atoms with Crippen molar-refractivity contribution >= 4 is 49.0 Å². The number of nitrogens with zero attached hydrogens (tertiary/aromatic N) is 3. The Labute approximate surface area is 280 Å². The molecule has 0 aliphatic carbocycles. The summed E-state index contributed by atoms with van der Waals surface area (Å²) in [5, 5.41) is 5.20. The number of rotatable bonds is 10. The lowest BCUT2D eigenvalue weighted by atomic mass is 9.96. The van der Waals surface area contributed by atoms with Crippen LogP contribution in [0, 0.1) is 13.8 Å². The Morgan fingerprint density at radius 1 is 0.956 bits per heavy atom. The van der Waals surface area contributed by atoms with Gasteiger partial charge >= 0.3 is 0 Å². The topological polar surface area (TPSA) is 74.9 Å². The molecule has 0 amide bonds. The van der Waals surface area contributed by atoms with Crippen LogP contribution in [0.5, 0.6) is 17.2 Å². The molecule has 0 saturated carbocycles. The molecule has 0 aliphatic heterocycles. The average molecular weight is 734 g/mol. The summed E-state index contributed by atoms with van der Waals surface area (Å²) in [5.41, 5.74) is 5.98. The maximum atomic E-state index is 13.9. The summed E-state index contributed by atoms with van der Waals surface area (Å²) in [7, 11) is 1.59. The molecule has 0 spiro atoms. The van der Waals surface area contributed by atoms with Crippen molar-refractivity contribution in [2.75, 3.05) is 13.7 Å². The Balaban J connectivity index is 1.62. The van der Waals surface area contributed by atoms with Crippen LogP contribution in [0.1, 0.15) is 54.5 Å². The summed E-state index contributed by atoms with van der Waals surface area (Å²) >= 11 is 7.38. The van der Waals surface area contributed by atoms with Gasteiger partial charge in [0.1, 0.15) is 12.4 Å². The SMILES string of the molecule is CCOc1cc(C)c(-c2nc3ccccc3c(=O)n2N=Cc2cc(OC)c(OCc3cccc(C)c3)c(Br)c2Br)cc1C(C)C. The second-order valence-corrected chi connectivity index (χ2v) is 12.6. The first-order valence-electron chi connectivity index (χ1n) is 14.7. The first-order chi connectivity index (χ1) is 21.6. The fourth-order valence-electron chi connectivity index (χ4n) is 5.14. The van der Waals surface area contributed by atoms with Crippen LogP contribution in [0.2, 0.25) is 0 Å². The van der Waals surface area contributed by atoms with Crippen LogP contribution in [-0.2, 0) is 6.61 Å². The van der Waals surface area contributed by atoms with Crippen molar-refractivity contribution in [1.29, 1.82) is 0 Å². The lowest BCUT2D eigenvalue weighted by Crippen LogP contribution is -2.21. The quantitative estimate of drug-likeness (QED) is 0.134. The molecule has 1 heterocycles. The van der Waals surface area contributed by atoms with E-state index in [4.69, 9.17) is 24.3 Å². The van der Waals surface area contributed by atoms with Gasteiger partial charge in [0.2, 0.25) is 0 Å².